The second-order valence-electron chi connectivity index (χ2n) is 9.77. The maximum Gasteiger partial charge on any atom is 0.229 e. The first-order valence-corrected chi connectivity index (χ1v) is 12.8. The van der Waals surface area contributed by atoms with Crippen LogP contribution in [0.15, 0.2) is 41.0 Å². The second kappa shape index (κ2) is 8.73. The Morgan fingerprint density at radius 2 is 1.86 bits per heavy atom. The van der Waals surface area contributed by atoms with Crippen molar-refractivity contribution in [3.05, 3.63) is 53.2 Å². The molecule has 4 aromatic rings. The van der Waals surface area contributed by atoms with Crippen LogP contribution in [0, 0.1) is 0 Å². The number of morpholine rings is 1. The van der Waals surface area contributed by atoms with Crippen LogP contribution >= 0.6 is 0 Å². The molecule has 7 nitrogen and oxygen atoms in total. The van der Waals surface area contributed by atoms with Gasteiger partial charge in [-0.2, -0.15) is 0 Å². The second-order valence-corrected chi connectivity index (χ2v) is 9.77. The number of hydrogen-bond donors (Lipinski definition) is 0. The van der Waals surface area contributed by atoms with E-state index in [1.165, 1.54) is 36.0 Å². The van der Waals surface area contributed by atoms with Crippen LogP contribution in [0.4, 0.5) is 5.82 Å². The van der Waals surface area contributed by atoms with Crippen LogP contribution in [0.1, 0.15) is 36.0 Å². The molecular weight excluding hydrogens is 438 g/mol. The Labute approximate surface area is 204 Å². The Hall–Kier alpha value is -3.29. The lowest BCUT2D eigenvalue weighted by atomic mass is 10.0. The average Bonchev–Trinajstić information content (AvgIpc) is 3.54. The van der Waals surface area contributed by atoms with Crippen LogP contribution in [0.2, 0.25) is 0 Å². The summed E-state index contributed by atoms with van der Waals surface area (Å²) in [6, 6.07) is 8.64. The lowest BCUT2D eigenvalue weighted by Crippen LogP contribution is -2.37. The molecule has 1 aliphatic carbocycles. The third-order valence-electron chi connectivity index (χ3n) is 7.43. The van der Waals surface area contributed by atoms with Gasteiger partial charge < -0.3 is 14.1 Å². The third kappa shape index (κ3) is 3.79. The SMILES string of the molecule is C1=Cc2c(cccc2-c2nc(N3CCOCC3)c3oc4ncc(CN5CCCCC5)cc4c3n2)C1. The number of aromatic nitrogens is 3. The third-order valence-corrected chi connectivity index (χ3v) is 7.43. The van der Waals surface area contributed by atoms with E-state index in [-0.39, 0.29) is 0 Å². The van der Waals surface area contributed by atoms with E-state index in [4.69, 9.17) is 24.1 Å². The number of anilines is 1. The maximum absolute atomic E-state index is 6.32. The summed E-state index contributed by atoms with van der Waals surface area (Å²) < 4.78 is 11.9. The lowest BCUT2D eigenvalue weighted by molar-refractivity contribution is 0.122. The molecule has 178 valence electrons. The summed E-state index contributed by atoms with van der Waals surface area (Å²) in [5.41, 5.74) is 7.01. The summed E-state index contributed by atoms with van der Waals surface area (Å²) in [7, 11) is 0. The Morgan fingerprint density at radius 1 is 0.971 bits per heavy atom. The zero-order valence-corrected chi connectivity index (χ0v) is 19.9. The van der Waals surface area contributed by atoms with Gasteiger partial charge in [-0.3, -0.25) is 4.90 Å². The van der Waals surface area contributed by atoms with Gasteiger partial charge in [0, 0.05) is 31.4 Å². The van der Waals surface area contributed by atoms with Crippen molar-refractivity contribution in [3.8, 4) is 11.4 Å². The van der Waals surface area contributed by atoms with Crippen molar-refractivity contribution in [3.63, 3.8) is 0 Å². The van der Waals surface area contributed by atoms with Gasteiger partial charge in [0.25, 0.3) is 0 Å². The van der Waals surface area contributed by atoms with Crippen LogP contribution in [-0.4, -0.2) is 59.2 Å². The number of furan rings is 1. The van der Waals surface area contributed by atoms with E-state index in [9.17, 15) is 0 Å². The minimum absolute atomic E-state index is 0.626. The zero-order chi connectivity index (χ0) is 23.2. The fraction of sp³-hybridized carbons (Fsp3) is 0.393. The van der Waals surface area contributed by atoms with E-state index >= 15 is 0 Å². The quantitative estimate of drug-likeness (QED) is 0.426. The lowest BCUT2D eigenvalue weighted by Gasteiger charge is -2.27. The molecule has 7 heteroatoms. The number of nitrogens with zero attached hydrogens (tertiary/aromatic N) is 5. The molecule has 0 unspecified atom stereocenters. The van der Waals surface area contributed by atoms with Crippen molar-refractivity contribution in [1.29, 1.82) is 0 Å². The predicted molar refractivity (Wildman–Crippen MR) is 137 cm³/mol. The molecule has 2 saturated heterocycles. The van der Waals surface area contributed by atoms with E-state index in [2.05, 4.69) is 46.2 Å². The Morgan fingerprint density at radius 3 is 2.74 bits per heavy atom. The number of rotatable bonds is 4. The van der Waals surface area contributed by atoms with E-state index < -0.39 is 0 Å². The van der Waals surface area contributed by atoms with E-state index in [1.807, 2.05) is 6.20 Å². The molecule has 0 amide bonds. The molecule has 2 aliphatic heterocycles. The highest BCUT2D eigenvalue weighted by Gasteiger charge is 2.24. The number of ether oxygens (including phenoxy) is 1. The number of piperidine rings is 1. The first-order valence-electron chi connectivity index (χ1n) is 12.8. The molecular formula is C28H29N5O2. The van der Waals surface area contributed by atoms with Crippen molar-refractivity contribution < 1.29 is 9.15 Å². The number of benzene rings is 1. The van der Waals surface area contributed by atoms with Crippen LogP contribution in [0.3, 0.4) is 0 Å². The van der Waals surface area contributed by atoms with Crippen LogP contribution in [0.25, 0.3) is 39.7 Å². The van der Waals surface area contributed by atoms with Gasteiger partial charge in [0.2, 0.25) is 5.71 Å². The number of hydrogen-bond acceptors (Lipinski definition) is 7. The monoisotopic (exact) mass is 467 g/mol. The van der Waals surface area contributed by atoms with Gasteiger partial charge >= 0.3 is 0 Å². The molecule has 0 atom stereocenters. The van der Waals surface area contributed by atoms with Crippen molar-refractivity contribution in [2.75, 3.05) is 44.3 Å². The average molecular weight is 468 g/mol. The van der Waals surface area contributed by atoms with Crippen molar-refractivity contribution in [2.24, 2.45) is 0 Å². The van der Waals surface area contributed by atoms with Gasteiger partial charge in [-0.15, -0.1) is 0 Å². The molecule has 5 heterocycles. The molecule has 7 rings (SSSR count). The molecule has 3 aromatic heterocycles. The Bertz CT molecular complexity index is 1430. The van der Waals surface area contributed by atoms with Crippen molar-refractivity contribution in [1.82, 2.24) is 19.9 Å². The zero-order valence-electron chi connectivity index (χ0n) is 19.9. The normalized spacial score (nSPS) is 18.6. The van der Waals surface area contributed by atoms with Gasteiger partial charge in [0.15, 0.2) is 17.2 Å². The highest BCUT2D eigenvalue weighted by molar-refractivity contribution is 6.05. The Kier molecular flexibility index (Phi) is 5.25. The molecule has 0 saturated carbocycles. The summed E-state index contributed by atoms with van der Waals surface area (Å²) in [4.78, 5) is 19.7. The minimum Gasteiger partial charge on any atom is -0.432 e. The Balaban J connectivity index is 1.39. The molecule has 35 heavy (non-hydrogen) atoms. The van der Waals surface area contributed by atoms with Gasteiger partial charge in [0.1, 0.15) is 5.52 Å². The van der Waals surface area contributed by atoms with Gasteiger partial charge in [-0.1, -0.05) is 36.8 Å². The number of likely N-dealkylation sites (tertiary alicyclic amines) is 1. The summed E-state index contributed by atoms with van der Waals surface area (Å²) in [6.07, 6.45) is 11.2. The number of fused-ring (bicyclic) bond motifs is 4. The number of pyridine rings is 1. The smallest absolute Gasteiger partial charge is 0.229 e. The first kappa shape index (κ1) is 21.0. The molecule has 2 fully saturated rings. The molecule has 0 spiro atoms. The summed E-state index contributed by atoms with van der Waals surface area (Å²) >= 11 is 0. The van der Waals surface area contributed by atoms with Crippen LogP contribution < -0.4 is 4.90 Å². The number of allylic oxidation sites excluding steroid dienone is 1. The topological polar surface area (TPSA) is 67.5 Å². The maximum atomic E-state index is 6.32. The molecule has 3 aliphatic rings. The van der Waals surface area contributed by atoms with Crippen molar-refractivity contribution >= 4 is 34.1 Å². The first-order chi connectivity index (χ1) is 17.3. The van der Waals surface area contributed by atoms with Gasteiger partial charge in [-0.05, 0) is 55.1 Å². The summed E-state index contributed by atoms with van der Waals surface area (Å²) in [5.74, 6) is 1.58. The van der Waals surface area contributed by atoms with Crippen molar-refractivity contribution in [2.45, 2.75) is 32.2 Å². The van der Waals surface area contributed by atoms with E-state index in [0.717, 1.165) is 72.8 Å². The molecule has 1 aromatic carbocycles. The van der Waals surface area contributed by atoms with Gasteiger partial charge in [-0.25, -0.2) is 15.0 Å². The summed E-state index contributed by atoms with van der Waals surface area (Å²) in [5, 5.41) is 0.968. The van der Waals surface area contributed by atoms with Crippen LogP contribution in [-0.2, 0) is 17.7 Å². The minimum atomic E-state index is 0.626. The standard InChI is InChI=1S/C28H29N5O2/c1-2-10-32(11-3-1)18-19-16-23-24-25(35-28(23)29-17-19)27(33-12-14-34-15-13-33)31-26(30-24)22-9-5-7-20-6-4-8-21(20)22/h4-5,7-9,16-17H,1-3,6,10-15,18H2. The highest BCUT2D eigenvalue weighted by atomic mass is 16.5. The molecule has 0 radical (unpaired) electrons. The predicted octanol–water partition coefficient (Wildman–Crippen LogP) is 4.83. The van der Waals surface area contributed by atoms with Crippen LogP contribution in [0.5, 0.6) is 0 Å². The fourth-order valence-electron chi connectivity index (χ4n) is 5.62. The van der Waals surface area contributed by atoms with Gasteiger partial charge in [0.05, 0.1) is 18.6 Å². The highest BCUT2D eigenvalue weighted by Crippen LogP contribution is 2.37. The van der Waals surface area contributed by atoms with E-state index in [0.29, 0.717) is 18.9 Å². The summed E-state index contributed by atoms with van der Waals surface area (Å²) in [6.45, 7) is 6.16. The fourth-order valence-corrected chi connectivity index (χ4v) is 5.62. The molecule has 0 bridgehead atoms. The van der Waals surface area contributed by atoms with E-state index in [1.54, 1.807) is 0 Å². The largest absolute Gasteiger partial charge is 0.432 e. The molecule has 0 N–H and O–H groups in total.